The number of aromatic nitrogens is 3. The van der Waals surface area contributed by atoms with Gasteiger partial charge in [0.25, 0.3) is 5.91 Å². The van der Waals surface area contributed by atoms with Crippen LogP contribution >= 0.6 is 0 Å². The molecule has 0 aliphatic carbocycles. The molecular formula is C21H25N5O. The highest BCUT2D eigenvalue weighted by Gasteiger charge is 2.30. The fraction of sp³-hybridized carbons (Fsp3) is 0.333. The Balaban J connectivity index is 1.56. The van der Waals surface area contributed by atoms with E-state index in [1.165, 1.54) is 0 Å². The quantitative estimate of drug-likeness (QED) is 0.732. The second kappa shape index (κ2) is 7.40. The van der Waals surface area contributed by atoms with Crippen molar-refractivity contribution in [1.82, 2.24) is 25.0 Å². The molecule has 1 fully saturated rings. The number of carbonyl (C=O) groups excluding carboxylic acids is 1. The molecule has 1 aliphatic rings. The lowest BCUT2D eigenvalue weighted by atomic mass is 10.1. The van der Waals surface area contributed by atoms with Crippen molar-refractivity contribution in [2.45, 2.75) is 32.4 Å². The second-order valence-corrected chi connectivity index (χ2v) is 7.26. The molecule has 27 heavy (non-hydrogen) atoms. The molecule has 1 aromatic carbocycles. The minimum Gasteiger partial charge on any atom is -0.357 e. The van der Waals surface area contributed by atoms with Crippen molar-refractivity contribution in [3.8, 4) is 16.8 Å². The number of H-pyrrole nitrogens is 1. The third-order valence-corrected chi connectivity index (χ3v) is 5.07. The molecule has 1 saturated heterocycles. The summed E-state index contributed by atoms with van der Waals surface area (Å²) in [6.45, 7) is 5.98. The summed E-state index contributed by atoms with van der Waals surface area (Å²) in [5, 5.41) is 7.79. The molecule has 140 valence electrons. The number of carbonyl (C=O) groups is 1. The number of para-hydroxylation sites is 1. The highest BCUT2D eigenvalue weighted by Crippen LogP contribution is 2.23. The van der Waals surface area contributed by atoms with E-state index in [0.717, 1.165) is 36.3 Å². The summed E-state index contributed by atoms with van der Waals surface area (Å²) < 4.78 is 1.84. The number of hydrogen-bond donors (Lipinski definition) is 2. The third kappa shape index (κ3) is 3.53. The standard InChI is InChI=1S/C21H25N5O/c1-15(2)26(19-8-9-22-13-19)21(27)20-10-16(11-23-20)17-12-24-25(14-17)18-6-4-3-5-7-18/h3-7,10-12,14-15,19,22-23H,8-9,13H2,1-2H3/t19-/m1/s1. The van der Waals surface area contributed by atoms with E-state index in [4.69, 9.17) is 0 Å². The number of amides is 1. The molecule has 1 aliphatic heterocycles. The Bertz CT molecular complexity index is 906. The Labute approximate surface area is 159 Å². The maximum atomic E-state index is 13.1. The monoisotopic (exact) mass is 363 g/mol. The number of nitrogens with zero attached hydrogens (tertiary/aromatic N) is 3. The van der Waals surface area contributed by atoms with E-state index in [1.54, 1.807) is 0 Å². The summed E-state index contributed by atoms with van der Waals surface area (Å²) >= 11 is 0. The normalized spacial score (nSPS) is 16.8. The smallest absolute Gasteiger partial charge is 0.270 e. The Hall–Kier alpha value is -2.86. The first-order valence-corrected chi connectivity index (χ1v) is 9.46. The Morgan fingerprint density at radius 1 is 1.26 bits per heavy atom. The van der Waals surface area contributed by atoms with Crippen molar-refractivity contribution in [2.24, 2.45) is 0 Å². The zero-order chi connectivity index (χ0) is 18.8. The summed E-state index contributed by atoms with van der Waals surface area (Å²) in [6.07, 6.45) is 6.69. The summed E-state index contributed by atoms with van der Waals surface area (Å²) in [5.41, 5.74) is 3.58. The van der Waals surface area contributed by atoms with Crippen LogP contribution < -0.4 is 5.32 Å². The average molecular weight is 363 g/mol. The lowest BCUT2D eigenvalue weighted by Crippen LogP contribution is -2.46. The lowest BCUT2D eigenvalue weighted by molar-refractivity contribution is 0.0621. The molecule has 6 heteroatoms. The van der Waals surface area contributed by atoms with Crippen LogP contribution in [0.3, 0.4) is 0 Å². The van der Waals surface area contributed by atoms with Gasteiger partial charge in [0.1, 0.15) is 5.69 Å². The van der Waals surface area contributed by atoms with Crippen LogP contribution in [0, 0.1) is 0 Å². The molecule has 1 amide bonds. The van der Waals surface area contributed by atoms with Crippen molar-refractivity contribution < 1.29 is 4.79 Å². The molecule has 0 radical (unpaired) electrons. The van der Waals surface area contributed by atoms with Crippen molar-refractivity contribution in [3.63, 3.8) is 0 Å². The molecule has 0 unspecified atom stereocenters. The van der Waals surface area contributed by atoms with Gasteiger partial charge < -0.3 is 15.2 Å². The van der Waals surface area contributed by atoms with Crippen molar-refractivity contribution in [1.29, 1.82) is 0 Å². The van der Waals surface area contributed by atoms with E-state index in [-0.39, 0.29) is 18.0 Å². The van der Waals surface area contributed by atoms with Crippen LogP contribution in [0.2, 0.25) is 0 Å². The third-order valence-electron chi connectivity index (χ3n) is 5.07. The molecule has 0 bridgehead atoms. The fourth-order valence-corrected chi connectivity index (χ4v) is 3.72. The number of benzene rings is 1. The topological polar surface area (TPSA) is 66.0 Å². The molecule has 2 aromatic heterocycles. The molecule has 6 nitrogen and oxygen atoms in total. The highest BCUT2D eigenvalue weighted by atomic mass is 16.2. The zero-order valence-electron chi connectivity index (χ0n) is 15.7. The van der Waals surface area contributed by atoms with Gasteiger partial charge in [0.15, 0.2) is 0 Å². The molecule has 3 heterocycles. The highest BCUT2D eigenvalue weighted by molar-refractivity contribution is 5.94. The van der Waals surface area contributed by atoms with E-state index in [9.17, 15) is 4.79 Å². The van der Waals surface area contributed by atoms with Crippen molar-refractivity contribution in [2.75, 3.05) is 13.1 Å². The molecule has 4 rings (SSSR count). The van der Waals surface area contributed by atoms with Crippen LogP contribution in [0.1, 0.15) is 30.8 Å². The number of nitrogens with one attached hydrogen (secondary N) is 2. The van der Waals surface area contributed by atoms with Gasteiger partial charge in [-0.25, -0.2) is 4.68 Å². The number of aromatic amines is 1. The lowest BCUT2D eigenvalue weighted by Gasteiger charge is -2.32. The van der Waals surface area contributed by atoms with Crippen molar-refractivity contribution in [3.05, 3.63) is 60.7 Å². The van der Waals surface area contributed by atoms with Gasteiger partial charge in [-0.05, 0) is 45.0 Å². The summed E-state index contributed by atoms with van der Waals surface area (Å²) in [5.74, 6) is 0.0559. The molecular weight excluding hydrogens is 338 g/mol. The summed E-state index contributed by atoms with van der Waals surface area (Å²) in [4.78, 5) is 18.2. The number of rotatable bonds is 5. The van der Waals surface area contributed by atoms with E-state index < -0.39 is 0 Å². The zero-order valence-corrected chi connectivity index (χ0v) is 15.7. The van der Waals surface area contributed by atoms with Gasteiger partial charge in [-0.1, -0.05) is 18.2 Å². The van der Waals surface area contributed by atoms with Gasteiger partial charge in [0.05, 0.1) is 11.9 Å². The van der Waals surface area contributed by atoms with Gasteiger partial charge in [0.2, 0.25) is 0 Å². The fourth-order valence-electron chi connectivity index (χ4n) is 3.72. The SMILES string of the molecule is CC(C)N(C(=O)c1cc(-c2cnn(-c3ccccc3)c2)c[nH]1)[C@@H]1CCNC1. The predicted molar refractivity (Wildman–Crippen MR) is 106 cm³/mol. The summed E-state index contributed by atoms with van der Waals surface area (Å²) in [7, 11) is 0. The maximum absolute atomic E-state index is 13.1. The second-order valence-electron chi connectivity index (χ2n) is 7.26. The van der Waals surface area contributed by atoms with Crippen molar-refractivity contribution >= 4 is 5.91 Å². The Kier molecular flexibility index (Phi) is 4.81. The van der Waals surface area contributed by atoms with E-state index in [2.05, 4.69) is 29.2 Å². The molecule has 0 saturated carbocycles. The number of hydrogen-bond acceptors (Lipinski definition) is 3. The van der Waals surface area contributed by atoms with Gasteiger partial charge in [-0.2, -0.15) is 5.10 Å². The van der Waals surface area contributed by atoms with E-state index in [1.807, 2.05) is 64.6 Å². The predicted octanol–water partition coefficient (Wildman–Crippen LogP) is 3.08. The van der Waals surface area contributed by atoms with E-state index in [0.29, 0.717) is 5.69 Å². The minimum atomic E-state index is 0.0559. The van der Waals surface area contributed by atoms with Gasteiger partial charge in [0, 0.05) is 42.1 Å². The van der Waals surface area contributed by atoms with Gasteiger partial charge in [-0.3, -0.25) is 4.79 Å². The summed E-state index contributed by atoms with van der Waals surface area (Å²) in [6, 6.07) is 12.3. The Morgan fingerprint density at radius 3 is 2.78 bits per heavy atom. The first-order valence-electron chi connectivity index (χ1n) is 9.46. The first-order chi connectivity index (χ1) is 13.1. The first kappa shape index (κ1) is 17.5. The largest absolute Gasteiger partial charge is 0.357 e. The van der Waals surface area contributed by atoms with Crippen LogP contribution in [0.15, 0.2) is 55.0 Å². The maximum Gasteiger partial charge on any atom is 0.270 e. The molecule has 0 spiro atoms. The van der Waals surface area contributed by atoms with Gasteiger partial charge in [-0.15, -0.1) is 0 Å². The van der Waals surface area contributed by atoms with Crippen LogP contribution in [-0.2, 0) is 0 Å². The minimum absolute atomic E-state index is 0.0559. The Morgan fingerprint density at radius 2 is 2.07 bits per heavy atom. The van der Waals surface area contributed by atoms with Crippen LogP contribution in [0.25, 0.3) is 16.8 Å². The van der Waals surface area contributed by atoms with Crippen LogP contribution in [0.4, 0.5) is 0 Å². The average Bonchev–Trinajstić information content (AvgIpc) is 3.42. The van der Waals surface area contributed by atoms with E-state index >= 15 is 0 Å². The molecule has 1 atom stereocenters. The van der Waals surface area contributed by atoms with Crippen LogP contribution in [-0.4, -0.2) is 50.7 Å². The van der Waals surface area contributed by atoms with Gasteiger partial charge >= 0.3 is 0 Å². The van der Waals surface area contributed by atoms with Crippen LogP contribution in [0.5, 0.6) is 0 Å². The molecule has 2 N–H and O–H groups in total. The molecule has 3 aromatic rings.